The largest absolute Gasteiger partial charge is 0.484 e. The van der Waals surface area contributed by atoms with E-state index in [2.05, 4.69) is 5.32 Å². The second-order valence-electron chi connectivity index (χ2n) is 4.40. The van der Waals surface area contributed by atoms with Gasteiger partial charge in [0.25, 0.3) is 0 Å². The Morgan fingerprint density at radius 2 is 2.26 bits per heavy atom. The van der Waals surface area contributed by atoms with Crippen LogP contribution in [0.2, 0.25) is 0 Å². The van der Waals surface area contributed by atoms with E-state index in [0.29, 0.717) is 6.54 Å². The molecule has 19 heavy (non-hydrogen) atoms. The van der Waals surface area contributed by atoms with Crippen LogP contribution in [0.1, 0.15) is 18.9 Å². The molecule has 0 aromatic heterocycles. The van der Waals surface area contributed by atoms with Crippen LogP contribution >= 0.6 is 0 Å². The van der Waals surface area contributed by atoms with Crippen LogP contribution in [0.15, 0.2) is 18.2 Å². The normalized spacial score (nSPS) is 12.2. The van der Waals surface area contributed by atoms with E-state index in [1.54, 1.807) is 12.1 Å². The molecule has 0 aliphatic carbocycles. The van der Waals surface area contributed by atoms with Crippen LogP contribution in [0.3, 0.4) is 0 Å². The topological polar surface area (TPSA) is 84.6 Å². The number of nitro groups is 1. The van der Waals surface area contributed by atoms with Gasteiger partial charge in [0.2, 0.25) is 0 Å². The Labute approximate surface area is 112 Å². The van der Waals surface area contributed by atoms with Crippen molar-refractivity contribution in [2.75, 3.05) is 19.7 Å². The van der Waals surface area contributed by atoms with Crippen LogP contribution in [-0.4, -0.2) is 35.8 Å². The lowest BCUT2D eigenvalue weighted by atomic mass is 10.2. The molecule has 0 radical (unpaired) electrons. The third kappa shape index (κ3) is 5.23. The number of aliphatic hydroxyl groups excluding tert-OH is 1. The second kappa shape index (κ2) is 7.70. The summed E-state index contributed by atoms with van der Waals surface area (Å²) in [6, 6.07) is 4.67. The number of aliphatic hydroxyl groups is 1. The summed E-state index contributed by atoms with van der Waals surface area (Å²) in [5.74, 6) is 0.194. The van der Waals surface area contributed by atoms with Crippen molar-refractivity contribution in [3.8, 4) is 5.75 Å². The van der Waals surface area contributed by atoms with Crippen LogP contribution in [-0.2, 0) is 0 Å². The fraction of sp³-hybridized carbons (Fsp3) is 0.538. The van der Waals surface area contributed by atoms with Gasteiger partial charge in [-0.1, -0.05) is 13.0 Å². The lowest BCUT2D eigenvalue weighted by Gasteiger charge is -2.13. The molecule has 0 saturated carbocycles. The van der Waals surface area contributed by atoms with Gasteiger partial charge >= 0.3 is 5.69 Å². The molecule has 2 N–H and O–H groups in total. The molecule has 0 amide bonds. The van der Waals surface area contributed by atoms with Crippen molar-refractivity contribution >= 4 is 5.69 Å². The Kier molecular flexibility index (Phi) is 6.24. The van der Waals surface area contributed by atoms with Gasteiger partial charge in [0.05, 0.1) is 4.92 Å². The SMILES string of the molecule is CCCNCC(O)COc1cc(C)ccc1[N+](=O)[O-]. The van der Waals surface area contributed by atoms with E-state index in [1.807, 2.05) is 13.8 Å². The highest BCUT2D eigenvalue weighted by atomic mass is 16.6. The van der Waals surface area contributed by atoms with E-state index in [-0.39, 0.29) is 18.0 Å². The number of nitro benzene ring substituents is 1. The fourth-order valence-corrected chi connectivity index (χ4v) is 1.58. The van der Waals surface area contributed by atoms with E-state index in [0.717, 1.165) is 18.5 Å². The monoisotopic (exact) mass is 268 g/mol. The molecule has 0 fully saturated rings. The van der Waals surface area contributed by atoms with Gasteiger partial charge in [-0.3, -0.25) is 10.1 Å². The Morgan fingerprint density at radius 3 is 2.89 bits per heavy atom. The standard InChI is InChI=1S/C13H20N2O4/c1-3-6-14-8-11(16)9-19-13-7-10(2)4-5-12(13)15(17)18/h4-5,7,11,14,16H,3,6,8-9H2,1-2H3. The molecule has 0 spiro atoms. The maximum atomic E-state index is 10.8. The molecule has 0 heterocycles. The van der Waals surface area contributed by atoms with Crippen molar-refractivity contribution in [2.24, 2.45) is 0 Å². The van der Waals surface area contributed by atoms with Gasteiger partial charge < -0.3 is 15.2 Å². The minimum absolute atomic E-state index is 0.0288. The van der Waals surface area contributed by atoms with Crippen LogP contribution in [0.4, 0.5) is 5.69 Å². The maximum Gasteiger partial charge on any atom is 0.310 e. The van der Waals surface area contributed by atoms with Crippen molar-refractivity contribution in [2.45, 2.75) is 26.4 Å². The Balaban J connectivity index is 2.56. The third-order valence-electron chi connectivity index (χ3n) is 2.55. The van der Waals surface area contributed by atoms with Gasteiger partial charge in [-0.05, 0) is 31.5 Å². The van der Waals surface area contributed by atoms with Crippen LogP contribution in [0, 0.1) is 17.0 Å². The van der Waals surface area contributed by atoms with Gasteiger partial charge in [0.1, 0.15) is 12.7 Å². The first kappa shape index (κ1) is 15.4. The minimum Gasteiger partial charge on any atom is -0.484 e. The van der Waals surface area contributed by atoms with E-state index in [1.165, 1.54) is 6.07 Å². The number of nitrogens with one attached hydrogen (secondary N) is 1. The van der Waals surface area contributed by atoms with E-state index in [9.17, 15) is 15.2 Å². The molecule has 0 aliphatic heterocycles. The highest BCUT2D eigenvalue weighted by Crippen LogP contribution is 2.27. The fourth-order valence-electron chi connectivity index (χ4n) is 1.58. The molecule has 1 rings (SSSR count). The zero-order valence-corrected chi connectivity index (χ0v) is 11.3. The summed E-state index contributed by atoms with van der Waals surface area (Å²) in [7, 11) is 0. The first-order valence-electron chi connectivity index (χ1n) is 6.31. The van der Waals surface area contributed by atoms with Crippen LogP contribution < -0.4 is 10.1 Å². The predicted octanol–water partition coefficient (Wildman–Crippen LogP) is 1.64. The first-order chi connectivity index (χ1) is 9.04. The van der Waals surface area contributed by atoms with Crippen LogP contribution in [0.5, 0.6) is 5.75 Å². The van der Waals surface area contributed by atoms with Crippen molar-refractivity contribution < 1.29 is 14.8 Å². The van der Waals surface area contributed by atoms with Crippen molar-refractivity contribution in [3.63, 3.8) is 0 Å². The second-order valence-corrected chi connectivity index (χ2v) is 4.40. The number of ether oxygens (including phenoxy) is 1. The quantitative estimate of drug-likeness (QED) is 0.425. The highest BCUT2D eigenvalue weighted by Gasteiger charge is 2.16. The van der Waals surface area contributed by atoms with Gasteiger partial charge in [-0.15, -0.1) is 0 Å². The number of aryl methyl sites for hydroxylation is 1. The zero-order valence-electron chi connectivity index (χ0n) is 11.3. The molecule has 1 atom stereocenters. The van der Waals surface area contributed by atoms with Crippen LogP contribution in [0.25, 0.3) is 0 Å². The number of nitrogens with zero attached hydrogens (tertiary/aromatic N) is 1. The molecular weight excluding hydrogens is 248 g/mol. The lowest BCUT2D eigenvalue weighted by molar-refractivity contribution is -0.385. The molecular formula is C13H20N2O4. The predicted molar refractivity (Wildman–Crippen MR) is 72.5 cm³/mol. The zero-order chi connectivity index (χ0) is 14.3. The number of benzene rings is 1. The molecule has 0 saturated heterocycles. The van der Waals surface area contributed by atoms with E-state index < -0.39 is 11.0 Å². The molecule has 6 nitrogen and oxygen atoms in total. The summed E-state index contributed by atoms with van der Waals surface area (Å²) in [6.45, 7) is 5.12. The summed E-state index contributed by atoms with van der Waals surface area (Å²) in [6.07, 6.45) is 0.295. The third-order valence-corrected chi connectivity index (χ3v) is 2.55. The summed E-state index contributed by atoms with van der Waals surface area (Å²) in [5.41, 5.74) is 0.790. The summed E-state index contributed by atoms with van der Waals surface area (Å²) in [4.78, 5) is 10.3. The van der Waals surface area contributed by atoms with Gasteiger partial charge in [-0.2, -0.15) is 0 Å². The lowest BCUT2D eigenvalue weighted by Crippen LogP contribution is -2.31. The summed E-state index contributed by atoms with van der Waals surface area (Å²) < 4.78 is 5.34. The molecule has 0 aliphatic rings. The van der Waals surface area contributed by atoms with Crippen molar-refractivity contribution in [1.82, 2.24) is 5.32 Å². The Hall–Kier alpha value is -1.66. The van der Waals surface area contributed by atoms with Gasteiger partial charge in [0.15, 0.2) is 5.75 Å². The summed E-state index contributed by atoms with van der Waals surface area (Å²) >= 11 is 0. The average molecular weight is 268 g/mol. The van der Waals surface area contributed by atoms with E-state index >= 15 is 0 Å². The maximum absolute atomic E-state index is 10.8. The smallest absolute Gasteiger partial charge is 0.310 e. The minimum atomic E-state index is -0.688. The molecule has 0 bridgehead atoms. The highest BCUT2D eigenvalue weighted by molar-refractivity contribution is 5.48. The van der Waals surface area contributed by atoms with Crippen molar-refractivity contribution in [3.05, 3.63) is 33.9 Å². The molecule has 1 aromatic carbocycles. The van der Waals surface area contributed by atoms with Crippen molar-refractivity contribution in [1.29, 1.82) is 0 Å². The molecule has 1 aromatic rings. The Bertz CT molecular complexity index is 423. The molecule has 1 unspecified atom stereocenters. The van der Waals surface area contributed by atoms with Gasteiger partial charge in [0, 0.05) is 12.6 Å². The average Bonchev–Trinajstić information content (AvgIpc) is 2.36. The Morgan fingerprint density at radius 1 is 1.53 bits per heavy atom. The number of rotatable bonds is 8. The summed E-state index contributed by atoms with van der Waals surface area (Å²) in [5, 5.41) is 23.6. The number of hydrogen-bond donors (Lipinski definition) is 2. The first-order valence-corrected chi connectivity index (χ1v) is 6.31. The van der Waals surface area contributed by atoms with Gasteiger partial charge in [-0.25, -0.2) is 0 Å². The molecule has 6 heteroatoms. The number of hydrogen-bond acceptors (Lipinski definition) is 5. The van der Waals surface area contributed by atoms with E-state index in [4.69, 9.17) is 4.74 Å². The molecule has 106 valence electrons.